The normalized spacial score (nSPS) is 14.2. The molecule has 1 aromatic carbocycles. The van der Waals surface area contributed by atoms with Gasteiger partial charge in [-0.3, -0.25) is 0 Å². The van der Waals surface area contributed by atoms with Crippen molar-refractivity contribution >= 4 is 15.9 Å². The maximum Gasteiger partial charge on any atom is 0.145 e. The average molecular weight is 307 g/mol. The van der Waals surface area contributed by atoms with E-state index in [4.69, 9.17) is 5.73 Å². The lowest BCUT2D eigenvalue weighted by atomic mass is 9.87. The molecule has 0 amide bonds. The molecule has 0 saturated carbocycles. The Morgan fingerprint density at radius 3 is 2.29 bits per heavy atom. The van der Waals surface area contributed by atoms with Crippen molar-refractivity contribution in [2.24, 2.45) is 5.73 Å². The number of halogens is 3. The minimum Gasteiger partial charge on any atom is -0.322 e. The highest BCUT2D eigenvalue weighted by molar-refractivity contribution is 9.10. The van der Waals surface area contributed by atoms with Crippen LogP contribution in [0.2, 0.25) is 0 Å². The first-order valence-electron chi connectivity index (χ1n) is 5.26. The summed E-state index contributed by atoms with van der Waals surface area (Å²) < 4.78 is 27.9. The summed E-state index contributed by atoms with van der Waals surface area (Å²) in [6.07, 6.45) is 0. The Morgan fingerprint density at radius 2 is 1.82 bits per heavy atom. The van der Waals surface area contributed by atoms with Crippen LogP contribution in [0.15, 0.2) is 16.6 Å². The molecule has 96 valence electrons. The highest BCUT2D eigenvalue weighted by atomic mass is 79.9. The van der Waals surface area contributed by atoms with Gasteiger partial charge < -0.3 is 10.6 Å². The Hall–Kier alpha value is -0.520. The molecule has 17 heavy (non-hydrogen) atoms. The van der Waals surface area contributed by atoms with Crippen LogP contribution in [0.5, 0.6) is 0 Å². The molecule has 0 aliphatic heterocycles. The largest absolute Gasteiger partial charge is 0.322 e. The van der Waals surface area contributed by atoms with Crippen LogP contribution in [0.3, 0.4) is 0 Å². The lowest BCUT2D eigenvalue weighted by molar-refractivity contribution is 0.154. The van der Waals surface area contributed by atoms with Crippen LogP contribution < -0.4 is 5.73 Å². The zero-order valence-electron chi connectivity index (χ0n) is 10.4. The minimum atomic E-state index is -0.755. The molecular weight excluding hydrogens is 290 g/mol. The molecule has 2 nitrogen and oxygen atoms in total. The Kier molecular flexibility index (Phi) is 4.28. The Labute approximate surface area is 109 Å². The monoisotopic (exact) mass is 306 g/mol. The van der Waals surface area contributed by atoms with E-state index >= 15 is 0 Å². The van der Waals surface area contributed by atoms with Gasteiger partial charge in [0.1, 0.15) is 11.6 Å². The number of likely N-dealkylation sites (N-methyl/N-ethyl adjacent to an activating group) is 1. The van der Waals surface area contributed by atoms with Crippen molar-refractivity contribution in [1.29, 1.82) is 0 Å². The SMILES string of the molecule is CN(C)C(C)(C)C(N)c1c(F)ccc(Br)c1F. The molecule has 5 heteroatoms. The highest BCUT2D eigenvalue weighted by Crippen LogP contribution is 2.33. The van der Waals surface area contributed by atoms with Gasteiger partial charge >= 0.3 is 0 Å². The van der Waals surface area contributed by atoms with Gasteiger partial charge in [-0.25, -0.2) is 8.78 Å². The van der Waals surface area contributed by atoms with E-state index < -0.39 is 23.2 Å². The number of hydrogen-bond donors (Lipinski definition) is 1. The van der Waals surface area contributed by atoms with E-state index in [0.717, 1.165) is 0 Å². The third-order valence-electron chi connectivity index (χ3n) is 3.30. The van der Waals surface area contributed by atoms with Crippen LogP contribution in [0, 0.1) is 11.6 Å². The molecule has 1 unspecified atom stereocenters. The number of rotatable bonds is 3. The number of benzene rings is 1. The van der Waals surface area contributed by atoms with Crippen molar-refractivity contribution in [1.82, 2.24) is 4.90 Å². The van der Waals surface area contributed by atoms with Crippen molar-refractivity contribution in [3.8, 4) is 0 Å². The molecule has 0 radical (unpaired) electrons. The summed E-state index contributed by atoms with van der Waals surface area (Å²) in [5.74, 6) is -1.25. The highest BCUT2D eigenvalue weighted by Gasteiger charge is 2.34. The molecule has 0 aromatic heterocycles. The van der Waals surface area contributed by atoms with E-state index in [0.29, 0.717) is 0 Å². The molecule has 0 saturated heterocycles. The second kappa shape index (κ2) is 5.00. The van der Waals surface area contributed by atoms with Crippen molar-refractivity contribution in [2.45, 2.75) is 25.4 Å². The van der Waals surface area contributed by atoms with Gasteiger partial charge in [0.15, 0.2) is 0 Å². The first-order valence-corrected chi connectivity index (χ1v) is 6.05. The molecule has 0 spiro atoms. The lowest BCUT2D eigenvalue weighted by Crippen LogP contribution is -2.48. The van der Waals surface area contributed by atoms with E-state index in [2.05, 4.69) is 15.9 Å². The maximum absolute atomic E-state index is 13.9. The third-order valence-corrected chi connectivity index (χ3v) is 3.92. The predicted molar refractivity (Wildman–Crippen MR) is 68.8 cm³/mol. The predicted octanol–water partition coefficient (Wildman–Crippen LogP) is 3.07. The second-order valence-electron chi connectivity index (χ2n) is 4.78. The van der Waals surface area contributed by atoms with E-state index in [-0.39, 0.29) is 10.0 Å². The molecule has 1 atom stereocenters. The topological polar surface area (TPSA) is 29.3 Å². The Balaban J connectivity index is 3.30. The fraction of sp³-hybridized carbons (Fsp3) is 0.500. The zero-order valence-corrected chi connectivity index (χ0v) is 12.0. The number of hydrogen-bond acceptors (Lipinski definition) is 2. The van der Waals surface area contributed by atoms with E-state index in [1.807, 2.05) is 32.8 Å². The van der Waals surface area contributed by atoms with Crippen molar-refractivity contribution < 1.29 is 8.78 Å². The van der Waals surface area contributed by atoms with Gasteiger partial charge in [-0.15, -0.1) is 0 Å². The number of nitrogens with zero attached hydrogens (tertiary/aromatic N) is 1. The molecule has 1 rings (SSSR count). The fourth-order valence-corrected chi connectivity index (χ4v) is 1.80. The molecule has 0 aliphatic carbocycles. The summed E-state index contributed by atoms with van der Waals surface area (Å²) >= 11 is 3.04. The smallest absolute Gasteiger partial charge is 0.145 e. The summed E-state index contributed by atoms with van der Waals surface area (Å²) in [6.45, 7) is 3.69. The van der Waals surface area contributed by atoms with Gasteiger partial charge in [-0.1, -0.05) is 0 Å². The van der Waals surface area contributed by atoms with Crippen molar-refractivity contribution in [3.63, 3.8) is 0 Å². The quantitative estimate of drug-likeness (QED) is 0.870. The van der Waals surface area contributed by atoms with Gasteiger partial charge in [0.05, 0.1) is 10.5 Å². The molecule has 2 N–H and O–H groups in total. The lowest BCUT2D eigenvalue weighted by Gasteiger charge is -2.38. The van der Waals surface area contributed by atoms with Crippen LogP contribution in [-0.2, 0) is 0 Å². The molecule has 0 bridgehead atoms. The summed E-state index contributed by atoms with van der Waals surface area (Å²) in [7, 11) is 3.65. The maximum atomic E-state index is 13.9. The molecular formula is C12H17BrF2N2. The van der Waals surface area contributed by atoms with Gasteiger partial charge in [0.25, 0.3) is 0 Å². The molecule has 0 fully saturated rings. The summed E-state index contributed by atoms with van der Waals surface area (Å²) in [4.78, 5) is 1.84. The molecule has 0 heterocycles. The summed E-state index contributed by atoms with van der Waals surface area (Å²) in [6, 6.07) is 1.80. The second-order valence-corrected chi connectivity index (χ2v) is 5.64. The van der Waals surface area contributed by atoms with Gasteiger partial charge in [-0.05, 0) is 56.0 Å². The van der Waals surface area contributed by atoms with Crippen LogP contribution in [0.25, 0.3) is 0 Å². The van der Waals surface area contributed by atoms with Gasteiger partial charge in [-0.2, -0.15) is 0 Å². The number of nitrogens with two attached hydrogens (primary N) is 1. The molecule has 1 aromatic rings. The first kappa shape index (κ1) is 14.5. The van der Waals surface area contributed by atoms with Crippen LogP contribution in [-0.4, -0.2) is 24.5 Å². The van der Waals surface area contributed by atoms with E-state index in [1.54, 1.807) is 0 Å². The standard InChI is InChI=1S/C12H17BrF2N2/c1-12(2,17(3)4)11(16)9-8(14)6-5-7(13)10(9)15/h5-6,11H,16H2,1-4H3. The Bertz CT molecular complexity index is 419. The van der Waals surface area contributed by atoms with Crippen LogP contribution >= 0.6 is 15.9 Å². The van der Waals surface area contributed by atoms with E-state index in [9.17, 15) is 8.78 Å². The van der Waals surface area contributed by atoms with Crippen molar-refractivity contribution in [3.05, 3.63) is 33.8 Å². The van der Waals surface area contributed by atoms with Gasteiger partial charge in [0, 0.05) is 11.1 Å². The van der Waals surface area contributed by atoms with Crippen molar-refractivity contribution in [2.75, 3.05) is 14.1 Å². The van der Waals surface area contributed by atoms with Gasteiger partial charge in [0.2, 0.25) is 0 Å². The van der Waals surface area contributed by atoms with Crippen LogP contribution in [0.1, 0.15) is 25.5 Å². The van der Waals surface area contributed by atoms with Crippen LogP contribution in [0.4, 0.5) is 8.78 Å². The fourth-order valence-electron chi connectivity index (χ4n) is 1.46. The Morgan fingerprint density at radius 1 is 1.29 bits per heavy atom. The third kappa shape index (κ3) is 2.67. The zero-order chi connectivity index (χ0) is 13.4. The summed E-state index contributed by atoms with van der Waals surface area (Å²) in [5.41, 5.74) is 5.36. The average Bonchev–Trinajstić information content (AvgIpc) is 2.23. The molecule has 0 aliphatic rings. The minimum absolute atomic E-state index is 0.0851. The first-order chi connectivity index (χ1) is 7.69. The summed E-state index contributed by atoms with van der Waals surface area (Å²) in [5, 5.41) is 0. The van der Waals surface area contributed by atoms with E-state index in [1.165, 1.54) is 12.1 Å².